The number of carbonyl (C=O) groups is 1. The van der Waals surface area contributed by atoms with E-state index in [0.717, 1.165) is 39.9 Å². The van der Waals surface area contributed by atoms with Gasteiger partial charge in [-0.05, 0) is 23.8 Å². The smallest absolute Gasteiger partial charge is 0.245 e. The van der Waals surface area contributed by atoms with Crippen LogP contribution in [0.4, 0.5) is 20.2 Å². The summed E-state index contributed by atoms with van der Waals surface area (Å²) in [5.74, 6) is -2.93. The number of hydrogen-bond acceptors (Lipinski definition) is 3. The third-order valence-corrected chi connectivity index (χ3v) is 5.31. The van der Waals surface area contributed by atoms with Gasteiger partial charge in [-0.1, -0.05) is 48.5 Å². The zero-order valence-corrected chi connectivity index (χ0v) is 16.3. The van der Waals surface area contributed by atoms with Gasteiger partial charge < -0.3 is 5.32 Å². The zero-order valence-electron chi connectivity index (χ0n) is 15.5. The van der Waals surface area contributed by atoms with E-state index < -0.39 is 34.1 Å². The van der Waals surface area contributed by atoms with Crippen molar-refractivity contribution in [3.8, 4) is 11.1 Å². The van der Waals surface area contributed by atoms with Crippen molar-refractivity contribution in [2.24, 2.45) is 0 Å². The fourth-order valence-electron chi connectivity index (χ4n) is 2.82. The van der Waals surface area contributed by atoms with Gasteiger partial charge in [0, 0.05) is 17.3 Å². The van der Waals surface area contributed by atoms with Crippen molar-refractivity contribution in [2.75, 3.05) is 22.4 Å². The number of anilines is 2. The van der Waals surface area contributed by atoms with E-state index in [-0.39, 0.29) is 5.69 Å². The fraction of sp³-hybridized carbons (Fsp3) is 0.0952. The average molecular weight is 416 g/mol. The molecule has 0 fully saturated rings. The number of halogens is 2. The molecule has 0 saturated heterocycles. The summed E-state index contributed by atoms with van der Waals surface area (Å²) in [6.07, 6.45) is 0.888. The van der Waals surface area contributed by atoms with Crippen LogP contribution in [0.15, 0.2) is 72.8 Å². The van der Waals surface area contributed by atoms with Crippen LogP contribution >= 0.6 is 0 Å². The molecule has 0 radical (unpaired) electrons. The first kappa shape index (κ1) is 20.5. The molecule has 0 aliphatic heterocycles. The average Bonchev–Trinajstić information content (AvgIpc) is 2.69. The summed E-state index contributed by atoms with van der Waals surface area (Å²) in [7, 11) is -3.91. The fourth-order valence-corrected chi connectivity index (χ4v) is 3.67. The third-order valence-electron chi connectivity index (χ3n) is 4.16. The van der Waals surface area contributed by atoms with Crippen LogP contribution in [0.25, 0.3) is 11.1 Å². The van der Waals surface area contributed by atoms with Crippen LogP contribution in [-0.4, -0.2) is 27.1 Å². The molecular formula is C21H18F2N2O3S. The maximum absolute atomic E-state index is 13.6. The van der Waals surface area contributed by atoms with Crippen LogP contribution in [-0.2, 0) is 14.8 Å². The molecule has 0 aromatic heterocycles. The van der Waals surface area contributed by atoms with Crippen molar-refractivity contribution < 1.29 is 22.0 Å². The minimum atomic E-state index is -3.91. The zero-order chi connectivity index (χ0) is 21.0. The molecule has 3 aromatic rings. The summed E-state index contributed by atoms with van der Waals surface area (Å²) in [5.41, 5.74) is 2.00. The first-order valence-electron chi connectivity index (χ1n) is 8.63. The molecule has 5 nitrogen and oxygen atoms in total. The summed E-state index contributed by atoms with van der Waals surface area (Å²) in [6.45, 7) is -0.590. The number of benzene rings is 3. The minimum Gasteiger partial charge on any atom is -0.324 e. The summed E-state index contributed by atoms with van der Waals surface area (Å²) in [4.78, 5) is 12.6. The topological polar surface area (TPSA) is 66.5 Å². The van der Waals surface area contributed by atoms with Gasteiger partial charge in [0.05, 0.1) is 11.9 Å². The summed E-state index contributed by atoms with van der Waals surface area (Å²) in [6, 6.07) is 19.1. The molecule has 0 aliphatic rings. The highest BCUT2D eigenvalue weighted by Gasteiger charge is 2.22. The van der Waals surface area contributed by atoms with E-state index in [2.05, 4.69) is 5.32 Å². The van der Waals surface area contributed by atoms with E-state index in [0.29, 0.717) is 5.69 Å². The minimum absolute atomic E-state index is 0.141. The highest BCUT2D eigenvalue weighted by molar-refractivity contribution is 7.92. The van der Waals surface area contributed by atoms with Crippen LogP contribution in [0.2, 0.25) is 0 Å². The maximum Gasteiger partial charge on any atom is 0.245 e. The van der Waals surface area contributed by atoms with Gasteiger partial charge in [-0.2, -0.15) is 0 Å². The van der Waals surface area contributed by atoms with E-state index >= 15 is 0 Å². The lowest BCUT2D eigenvalue weighted by Gasteiger charge is -2.22. The molecule has 0 heterocycles. The number of nitrogens with zero attached hydrogens (tertiary/aromatic N) is 1. The first-order valence-corrected chi connectivity index (χ1v) is 10.5. The van der Waals surface area contributed by atoms with Crippen LogP contribution in [0.5, 0.6) is 0 Å². The molecule has 0 unspecified atom stereocenters. The number of carbonyl (C=O) groups excluding carboxylic acids is 1. The second-order valence-corrected chi connectivity index (χ2v) is 8.23. The van der Waals surface area contributed by atoms with E-state index in [1.807, 2.05) is 42.5 Å². The largest absolute Gasteiger partial charge is 0.324 e. The van der Waals surface area contributed by atoms with Crippen molar-refractivity contribution in [1.29, 1.82) is 0 Å². The van der Waals surface area contributed by atoms with Crippen molar-refractivity contribution in [1.82, 2.24) is 0 Å². The molecule has 1 amide bonds. The van der Waals surface area contributed by atoms with Crippen molar-refractivity contribution in [3.63, 3.8) is 0 Å². The Labute approximate surface area is 167 Å². The van der Waals surface area contributed by atoms with Gasteiger partial charge in [0.15, 0.2) is 11.6 Å². The molecule has 8 heteroatoms. The number of rotatable bonds is 6. The normalized spacial score (nSPS) is 11.1. The number of nitrogens with one attached hydrogen (secondary N) is 1. The number of para-hydroxylation sites is 1. The Morgan fingerprint density at radius 1 is 0.931 bits per heavy atom. The van der Waals surface area contributed by atoms with E-state index in [9.17, 15) is 22.0 Å². The Hall–Kier alpha value is -3.26. The van der Waals surface area contributed by atoms with Gasteiger partial charge in [0.25, 0.3) is 0 Å². The maximum atomic E-state index is 13.6. The Kier molecular flexibility index (Phi) is 5.93. The van der Waals surface area contributed by atoms with Crippen LogP contribution < -0.4 is 9.62 Å². The van der Waals surface area contributed by atoms with Crippen LogP contribution in [0.1, 0.15) is 0 Å². The third kappa shape index (κ3) is 4.97. The monoisotopic (exact) mass is 416 g/mol. The first-order chi connectivity index (χ1) is 13.8. The number of sulfonamides is 1. The Morgan fingerprint density at radius 3 is 2.24 bits per heavy atom. The van der Waals surface area contributed by atoms with Gasteiger partial charge in [-0.25, -0.2) is 17.2 Å². The van der Waals surface area contributed by atoms with Crippen molar-refractivity contribution >= 4 is 27.3 Å². The summed E-state index contributed by atoms with van der Waals surface area (Å²) >= 11 is 0. The quantitative estimate of drug-likeness (QED) is 0.660. The molecule has 1 N–H and O–H groups in total. The standard InChI is InChI=1S/C21H18F2N2O3S/c1-29(27,28)25(16-11-12-18(22)19(23)13-16)14-21(26)24-20-10-6-5-9-17(20)15-7-3-2-4-8-15/h2-13H,14H2,1H3,(H,24,26). The lowest BCUT2D eigenvalue weighted by atomic mass is 10.0. The molecule has 0 aliphatic carbocycles. The molecule has 3 aromatic carbocycles. The van der Waals surface area contributed by atoms with Gasteiger partial charge in [-0.3, -0.25) is 9.10 Å². The van der Waals surface area contributed by atoms with E-state index in [1.165, 1.54) is 0 Å². The molecule has 0 atom stereocenters. The summed E-state index contributed by atoms with van der Waals surface area (Å²) < 4.78 is 51.7. The SMILES string of the molecule is CS(=O)(=O)N(CC(=O)Nc1ccccc1-c1ccccc1)c1ccc(F)c(F)c1. The molecule has 3 rings (SSSR count). The number of amides is 1. The highest BCUT2D eigenvalue weighted by Crippen LogP contribution is 2.28. The predicted molar refractivity (Wildman–Crippen MR) is 109 cm³/mol. The van der Waals surface area contributed by atoms with Gasteiger partial charge >= 0.3 is 0 Å². The molecule has 150 valence electrons. The van der Waals surface area contributed by atoms with Crippen molar-refractivity contribution in [3.05, 3.63) is 84.4 Å². The Bertz CT molecular complexity index is 1140. The highest BCUT2D eigenvalue weighted by atomic mass is 32.2. The second-order valence-electron chi connectivity index (χ2n) is 6.33. The van der Waals surface area contributed by atoms with Gasteiger partial charge in [-0.15, -0.1) is 0 Å². The van der Waals surface area contributed by atoms with Gasteiger partial charge in [0.1, 0.15) is 6.54 Å². The second kappa shape index (κ2) is 8.40. The molecule has 0 bridgehead atoms. The van der Waals surface area contributed by atoms with E-state index in [1.54, 1.807) is 12.1 Å². The lowest BCUT2D eigenvalue weighted by molar-refractivity contribution is -0.114. The van der Waals surface area contributed by atoms with Gasteiger partial charge in [0.2, 0.25) is 15.9 Å². The molecule has 29 heavy (non-hydrogen) atoms. The molecule has 0 spiro atoms. The van der Waals surface area contributed by atoms with Crippen molar-refractivity contribution in [2.45, 2.75) is 0 Å². The molecular weight excluding hydrogens is 398 g/mol. The number of hydrogen-bond donors (Lipinski definition) is 1. The van der Waals surface area contributed by atoms with Crippen LogP contribution in [0, 0.1) is 11.6 Å². The lowest BCUT2D eigenvalue weighted by Crippen LogP contribution is -2.37. The van der Waals surface area contributed by atoms with Crippen LogP contribution in [0.3, 0.4) is 0 Å². The Balaban J connectivity index is 1.86. The predicted octanol–water partition coefficient (Wildman–Crippen LogP) is 4.04. The van der Waals surface area contributed by atoms with E-state index in [4.69, 9.17) is 0 Å². The molecule has 0 saturated carbocycles. The summed E-state index contributed by atoms with van der Waals surface area (Å²) in [5, 5.41) is 2.69. The Morgan fingerprint density at radius 2 is 1.59 bits per heavy atom.